The first-order valence-electron chi connectivity index (χ1n) is 13.8. The van der Waals surface area contributed by atoms with Crippen molar-refractivity contribution in [2.45, 2.75) is 18.9 Å². The Morgan fingerprint density at radius 1 is 1.09 bits per heavy atom. The number of nitrogens with zero attached hydrogens (tertiary/aromatic N) is 7. The number of nitrogens with one attached hydrogen (secondary N) is 2. The Labute approximate surface area is 254 Å². The lowest BCUT2D eigenvalue weighted by Crippen LogP contribution is -2.25. The number of benzene rings is 2. The number of aromatic hydroxyl groups is 2. The Morgan fingerprint density at radius 2 is 1.93 bits per heavy atom. The number of phenolic OH excluding ortho intramolecular Hbond substituents is 2. The van der Waals surface area contributed by atoms with E-state index in [0.29, 0.717) is 35.7 Å². The molecule has 0 aliphatic carbocycles. The van der Waals surface area contributed by atoms with Crippen molar-refractivity contribution in [1.29, 1.82) is 5.26 Å². The topological polar surface area (TPSA) is 182 Å². The van der Waals surface area contributed by atoms with Gasteiger partial charge < -0.3 is 33.9 Å². The summed E-state index contributed by atoms with van der Waals surface area (Å²) < 4.78 is 12.7. The van der Waals surface area contributed by atoms with Crippen molar-refractivity contribution in [2.75, 3.05) is 18.0 Å². The number of H-pyrrole nitrogens is 2. The molecule has 14 heteroatoms. The number of phenols is 2. The lowest BCUT2D eigenvalue weighted by Gasteiger charge is -2.22. The van der Waals surface area contributed by atoms with Crippen LogP contribution in [-0.2, 0) is 0 Å². The first kappa shape index (κ1) is 27.2. The summed E-state index contributed by atoms with van der Waals surface area (Å²) in [5.74, 6) is 0.378. The van der Waals surface area contributed by atoms with E-state index in [9.17, 15) is 15.5 Å². The minimum absolute atomic E-state index is 0.0784. The van der Waals surface area contributed by atoms with Crippen LogP contribution in [0.2, 0.25) is 0 Å². The second-order valence-corrected chi connectivity index (χ2v) is 10.8. The first-order valence-corrected chi connectivity index (χ1v) is 14.2. The zero-order chi connectivity index (χ0) is 30.2. The lowest BCUT2D eigenvalue weighted by atomic mass is 9.96. The highest BCUT2D eigenvalue weighted by molar-refractivity contribution is 7.71. The fourth-order valence-electron chi connectivity index (χ4n) is 5.61. The number of nitriles is 1. The number of hydrogen-bond acceptors (Lipinski definition) is 11. The summed E-state index contributed by atoms with van der Waals surface area (Å²) in [6, 6.07) is 14.9. The molecule has 2 unspecified atom stereocenters. The molecular formula is C30H25N9O4S. The minimum Gasteiger partial charge on any atom is -0.504 e. The number of hydrogen-bond donors (Lipinski definition) is 4. The molecule has 7 aromatic rings. The second kappa shape index (κ2) is 11.2. The van der Waals surface area contributed by atoms with E-state index >= 15 is 0 Å². The Hall–Kier alpha value is -5.68. The van der Waals surface area contributed by atoms with Crippen LogP contribution >= 0.6 is 12.2 Å². The van der Waals surface area contributed by atoms with E-state index < -0.39 is 0 Å². The molecule has 2 aromatic carbocycles. The number of fused-ring (bicyclic) bond motifs is 3. The maximum absolute atomic E-state index is 10.0. The molecule has 6 heterocycles. The van der Waals surface area contributed by atoms with Gasteiger partial charge in [-0.05, 0) is 49.0 Å². The molecule has 5 aromatic heterocycles. The van der Waals surface area contributed by atoms with E-state index in [2.05, 4.69) is 41.0 Å². The molecule has 2 atom stereocenters. The normalized spacial score (nSPS) is 15.4. The number of aromatic nitrogens is 7. The van der Waals surface area contributed by atoms with E-state index in [0.717, 1.165) is 40.8 Å². The Kier molecular flexibility index (Phi) is 6.91. The third-order valence-electron chi connectivity index (χ3n) is 7.72. The number of rotatable bonds is 5. The summed E-state index contributed by atoms with van der Waals surface area (Å²) in [6.07, 6.45) is 8.33. The largest absolute Gasteiger partial charge is 0.504 e. The molecule has 8 rings (SSSR count). The van der Waals surface area contributed by atoms with Crippen LogP contribution in [0.3, 0.4) is 0 Å². The average molecular weight is 608 g/mol. The molecule has 0 bridgehead atoms. The number of aromatic amines is 2. The lowest BCUT2D eigenvalue weighted by molar-refractivity contribution is 0.331. The van der Waals surface area contributed by atoms with Gasteiger partial charge in [-0.15, -0.1) is 0 Å². The van der Waals surface area contributed by atoms with Crippen LogP contribution in [0, 0.1) is 22.1 Å². The maximum Gasteiger partial charge on any atom is 0.298 e. The van der Waals surface area contributed by atoms with Crippen molar-refractivity contribution in [3.63, 3.8) is 0 Å². The minimum atomic E-state index is -0.0879. The van der Waals surface area contributed by atoms with Gasteiger partial charge in [0.1, 0.15) is 17.5 Å². The highest BCUT2D eigenvalue weighted by Gasteiger charge is 2.33. The molecule has 220 valence electrons. The number of oxazole rings is 2. The molecule has 4 N–H and O–H groups in total. The predicted octanol–water partition coefficient (Wildman–Crippen LogP) is 5.85. The fourth-order valence-corrected chi connectivity index (χ4v) is 5.80. The fraction of sp³-hybridized carbons (Fsp3) is 0.200. The van der Waals surface area contributed by atoms with Gasteiger partial charge in [-0.3, -0.25) is 4.68 Å². The molecule has 0 radical (unpaired) electrons. The molecule has 0 amide bonds. The summed E-state index contributed by atoms with van der Waals surface area (Å²) in [5, 5.41) is 34.3. The summed E-state index contributed by atoms with van der Waals surface area (Å²) in [7, 11) is 0. The summed E-state index contributed by atoms with van der Waals surface area (Å²) in [5.41, 5.74) is 4.61. The number of para-hydroxylation sites is 2. The third kappa shape index (κ3) is 4.99. The van der Waals surface area contributed by atoms with E-state index in [4.69, 9.17) is 21.1 Å². The highest BCUT2D eigenvalue weighted by atomic mass is 32.1. The predicted molar refractivity (Wildman–Crippen MR) is 163 cm³/mol. The molecule has 1 aliphatic heterocycles. The van der Waals surface area contributed by atoms with E-state index in [1.807, 2.05) is 29.2 Å². The van der Waals surface area contributed by atoms with Crippen LogP contribution in [0.4, 0.5) is 6.01 Å². The monoisotopic (exact) mass is 607 g/mol. The smallest absolute Gasteiger partial charge is 0.298 e. The summed E-state index contributed by atoms with van der Waals surface area (Å²) >= 11 is 4.74. The standard InChI is InChI=1S/C23H20N8O2.C7H5NO2S/c24-7-4-18(31-12-15(10-28-31)20-16-5-8-25-22(16)27-13-26-20)14-6-9-30(11-14)23-29-17-2-1-3-19(32)21(17)33-23;9-5-3-1-2-4-6(5)10-7(11)8-4/h1-3,5,8,10,12-14,18,32H,4,6,9,11H2,(H,25,26,27);1-3,9H,(H,8,11). The van der Waals surface area contributed by atoms with Crippen LogP contribution < -0.4 is 4.90 Å². The van der Waals surface area contributed by atoms with Gasteiger partial charge in [-0.2, -0.15) is 15.3 Å². The zero-order valence-electron chi connectivity index (χ0n) is 23.1. The van der Waals surface area contributed by atoms with Crippen molar-refractivity contribution in [2.24, 2.45) is 5.92 Å². The van der Waals surface area contributed by atoms with Crippen LogP contribution in [0.1, 0.15) is 18.9 Å². The van der Waals surface area contributed by atoms with Crippen LogP contribution in [0.5, 0.6) is 11.5 Å². The van der Waals surface area contributed by atoms with Crippen LogP contribution in [-0.4, -0.2) is 58.0 Å². The molecular weight excluding hydrogens is 582 g/mol. The van der Waals surface area contributed by atoms with Gasteiger partial charge in [0.2, 0.25) is 0 Å². The van der Waals surface area contributed by atoms with E-state index in [-0.39, 0.29) is 28.3 Å². The number of anilines is 1. The van der Waals surface area contributed by atoms with Gasteiger partial charge in [0.15, 0.2) is 22.7 Å². The Bertz CT molecular complexity index is 2200. The van der Waals surface area contributed by atoms with Crippen molar-refractivity contribution in [3.8, 4) is 28.8 Å². The maximum atomic E-state index is 10.0. The van der Waals surface area contributed by atoms with Gasteiger partial charge in [0.25, 0.3) is 10.9 Å². The van der Waals surface area contributed by atoms with Crippen molar-refractivity contribution >= 4 is 51.5 Å². The van der Waals surface area contributed by atoms with Gasteiger partial charge in [0.05, 0.1) is 35.9 Å². The van der Waals surface area contributed by atoms with Gasteiger partial charge in [0, 0.05) is 42.4 Å². The zero-order valence-corrected chi connectivity index (χ0v) is 23.9. The van der Waals surface area contributed by atoms with Crippen molar-refractivity contribution < 1.29 is 19.0 Å². The Morgan fingerprint density at radius 3 is 2.75 bits per heavy atom. The Balaban J connectivity index is 0.000000239. The molecule has 0 saturated carbocycles. The second-order valence-electron chi connectivity index (χ2n) is 10.4. The quantitative estimate of drug-likeness (QED) is 0.172. The molecule has 44 heavy (non-hydrogen) atoms. The molecule has 1 saturated heterocycles. The van der Waals surface area contributed by atoms with Gasteiger partial charge in [-0.25, -0.2) is 9.97 Å². The first-order chi connectivity index (χ1) is 21.5. The van der Waals surface area contributed by atoms with Crippen LogP contribution in [0.25, 0.3) is 44.5 Å². The van der Waals surface area contributed by atoms with Gasteiger partial charge in [-0.1, -0.05) is 12.1 Å². The van der Waals surface area contributed by atoms with Gasteiger partial charge >= 0.3 is 0 Å². The van der Waals surface area contributed by atoms with Crippen molar-refractivity contribution in [1.82, 2.24) is 34.7 Å². The molecule has 13 nitrogen and oxygen atoms in total. The summed E-state index contributed by atoms with van der Waals surface area (Å²) in [4.78, 5) is 21.5. The van der Waals surface area contributed by atoms with E-state index in [1.165, 1.54) is 6.33 Å². The highest BCUT2D eigenvalue weighted by Crippen LogP contribution is 2.36. The summed E-state index contributed by atoms with van der Waals surface area (Å²) in [6.45, 7) is 1.44. The third-order valence-corrected chi connectivity index (χ3v) is 7.90. The SMILES string of the molecule is N#CCC(C1CCN(c2nc3cccc(O)c3o2)C1)n1cc(-c2ncnc3[nH]ccc23)cn1.Oc1cccc2[nH]c(=S)oc12. The molecule has 1 fully saturated rings. The van der Waals surface area contributed by atoms with Crippen molar-refractivity contribution in [3.05, 3.63) is 72.2 Å². The van der Waals surface area contributed by atoms with Crippen LogP contribution in [0.15, 0.2) is 76.2 Å². The molecule has 0 spiro atoms. The molecule has 1 aliphatic rings. The van der Waals surface area contributed by atoms with E-state index in [1.54, 1.807) is 36.5 Å². The average Bonchev–Trinajstić information content (AvgIpc) is 3.86.